The van der Waals surface area contributed by atoms with Crippen LogP contribution in [-0.2, 0) is 11.3 Å². The Labute approximate surface area is 130 Å². The zero-order chi connectivity index (χ0) is 16.1. The highest BCUT2D eigenvalue weighted by Crippen LogP contribution is 2.23. The van der Waals surface area contributed by atoms with Crippen LogP contribution >= 0.6 is 0 Å². The molecule has 2 heterocycles. The van der Waals surface area contributed by atoms with Gasteiger partial charge in [-0.05, 0) is 30.5 Å². The number of carbonyl (C=O) groups is 1. The Morgan fingerprint density at radius 2 is 2.18 bits per heavy atom. The number of nitrogens with one attached hydrogen (secondary N) is 1. The minimum absolute atomic E-state index is 0.0804. The summed E-state index contributed by atoms with van der Waals surface area (Å²) in [5, 5.41) is 3.43. The van der Waals surface area contributed by atoms with Gasteiger partial charge < -0.3 is 14.5 Å². The van der Waals surface area contributed by atoms with Gasteiger partial charge in [0.05, 0.1) is 31.7 Å². The molecule has 2 aromatic rings. The molecule has 0 spiro atoms. The molecule has 22 heavy (non-hydrogen) atoms. The average Bonchev–Trinajstić information content (AvgIpc) is 2.96. The lowest BCUT2D eigenvalue weighted by atomic mass is 9.97. The van der Waals surface area contributed by atoms with Gasteiger partial charge >= 0.3 is 5.97 Å². The molecule has 0 aliphatic heterocycles. The molecule has 0 fully saturated rings. The predicted molar refractivity (Wildman–Crippen MR) is 83.4 cm³/mol. The van der Waals surface area contributed by atoms with Crippen LogP contribution in [0.1, 0.15) is 47.3 Å². The molecule has 2 aromatic heterocycles. The van der Waals surface area contributed by atoms with E-state index in [1.807, 2.05) is 19.1 Å². The first kappa shape index (κ1) is 16.2. The highest BCUT2D eigenvalue weighted by atomic mass is 16.5. The van der Waals surface area contributed by atoms with Gasteiger partial charge in [0.15, 0.2) is 0 Å². The van der Waals surface area contributed by atoms with E-state index in [1.54, 1.807) is 12.3 Å². The maximum atomic E-state index is 11.7. The first-order valence-electron chi connectivity index (χ1n) is 7.34. The van der Waals surface area contributed by atoms with Crippen molar-refractivity contribution in [1.29, 1.82) is 0 Å². The smallest absolute Gasteiger partial charge is 0.341 e. The van der Waals surface area contributed by atoms with Crippen molar-refractivity contribution >= 4 is 5.97 Å². The maximum absolute atomic E-state index is 11.7. The summed E-state index contributed by atoms with van der Waals surface area (Å²) in [6, 6.07) is 5.68. The van der Waals surface area contributed by atoms with Crippen LogP contribution < -0.4 is 5.32 Å². The number of aryl methyl sites for hydroxylation is 1. The number of furan rings is 1. The summed E-state index contributed by atoms with van der Waals surface area (Å²) in [7, 11) is 1.36. The van der Waals surface area contributed by atoms with Crippen molar-refractivity contribution in [2.45, 2.75) is 33.4 Å². The number of esters is 1. The number of ether oxygens (including phenoxy) is 1. The normalized spacial score (nSPS) is 12.4. The Bertz CT molecular complexity index is 634. The van der Waals surface area contributed by atoms with E-state index >= 15 is 0 Å². The topological polar surface area (TPSA) is 64.4 Å². The van der Waals surface area contributed by atoms with Crippen LogP contribution in [0.15, 0.2) is 35.1 Å². The summed E-state index contributed by atoms with van der Waals surface area (Å²) in [5.41, 5.74) is 2.61. The molecule has 2 rings (SSSR count). The first-order chi connectivity index (χ1) is 10.5. The largest absolute Gasteiger partial charge is 0.467 e. The summed E-state index contributed by atoms with van der Waals surface area (Å²) in [6.45, 7) is 6.76. The quantitative estimate of drug-likeness (QED) is 0.830. The minimum Gasteiger partial charge on any atom is -0.467 e. The Morgan fingerprint density at radius 3 is 2.82 bits per heavy atom. The van der Waals surface area contributed by atoms with Gasteiger partial charge in [0.1, 0.15) is 11.3 Å². The molecule has 0 aliphatic rings. The lowest BCUT2D eigenvalue weighted by Crippen LogP contribution is -2.27. The van der Waals surface area contributed by atoms with Gasteiger partial charge in [-0.25, -0.2) is 4.79 Å². The predicted octanol–water partition coefficient (Wildman–Crippen LogP) is 3.26. The third kappa shape index (κ3) is 3.54. The van der Waals surface area contributed by atoms with Gasteiger partial charge in [-0.2, -0.15) is 0 Å². The van der Waals surface area contributed by atoms with Gasteiger partial charge in [-0.15, -0.1) is 0 Å². The number of pyridine rings is 1. The van der Waals surface area contributed by atoms with E-state index in [4.69, 9.17) is 9.15 Å². The fourth-order valence-electron chi connectivity index (χ4n) is 2.44. The van der Waals surface area contributed by atoms with E-state index in [1.165, 1.54) is 13.4 Å². The van der Waals surface area contributed by atoms with Crippen LogP contribution in [0.2, 0.25) is 0 Å². The molecule has 1 unspecified atom stereocenters. The molecule has 0 aromatic carbocycles. The van der Waals surface area contributed by atoms with Gasteiger partial charge in [-0.1, -0.05) is 19.9 Å². The third-order valence-electron chi connectivity index (χ3n) is 3.64. The molecule has 0 bridgehead atoms. The molecule has 118 valence electrons. The van der Waals surface area contributed by atoms with Gasteiger partial charge in [0.25, 0.3) is 0 Å². The standard InChI is InChI=1S/C17H22N2O3/c1-11(2)15(16-12(3)6-5-8-18-16)19-10-14-13(7-9-22-14)17(20)21-4/h5-9,11,15,19H,10H2,1-4H3. The number of carbonyl (C=O) groups excluding carboxylic acids is 1. The van der Waals surface area contributed by atoms with Crippen molar-refractivity contribution in [1.82, 2.24) is 10.3 Å². The fourth-order valence-corrected chi connectivity index (χ4v) is 2.44. The van der Waals surface area contributed by atoms with Gasteiger partial charge in [-0.3, -0.25) is 4.98 Å². The van der Waals surface area contributed by atoms with Gasteiger partial charge in [0, 0.05) is 6.20 Å². The van der Waals surface area contributed by atoms with E-state index in [2.05, 4.69) is 24.1 Å². The van der Waals surface area contributed by atoms with Crippen molar-refractivity contribution in [2.24, 2.45) is 5.92 Å². The second-order valence-corrected chi connectivity index (χ2v) is 5.56. The van der Waals surface area contributed by atoms with E-state index in [-0.39, 0.29) is 12.0 Å². The summed E-state index contributed by atoms with van der Waals surface area (Å²) in [6.07, 6.45) is 3.30. The second kappa shape index (κ2) is 7.22. The molecule has 0 saturated carbocycles. The first-order valence-corrected chi connectivity index (χ1v) is 7.34. The molecular formula is C17H22N2O3. The van der Waals surface area contributed by atoms with Gasteiger partial charge in [0.2, 0.25) is 0 Å². The summed E-state index contributed by atoms with van der Waals surface area (Å²) in [5.74, 6) is 0.539. The lowest BCUT2D eigenvalue weighted by Gasteiger charge is -2.23. The number of hydrogen-bond donors (Lipinski definition) is 1. The minimum atomic E-state index is -0.388. The van der Waals surface area contributed by atoms with Crippen molar-refractivity contribution in [3.63, 3.8) is 0 Å². The summed E-state index contributed by atoms with van der Waals surface area (Å²) < 4.78 is 10.2. The highest BCUT2D eigenvalue weighted by Gasteiger charge is 2.21. The highest BCUT2D eigenvalue weighted by molar-refractivity contribution is 5.90. The number of aromatic nitrogens is 1. The summed E-state index contributed by atoms with van der Waals surface area (Å²) >= 11 is 0. The Kier molecular flexibility index (Phi) is 5.33. The number of rotatable bonds is 6. The summed E-state index contributed by atoms with van der Waals surface area (Å²) in [4.78, 5) is 16.2. The lowest BCUT2D eigenvalue weighted by molar-refractivity contribution is 0.0598. The molecule has 0 amide bonds. The second-order valence-electron chi connectivity index (χ2n) is 5.56. The molecule has 1 N–H and O–H groups in total. The SMILES string of the molecule is COC(=O)c1ccoc1CNC(c1ncccc1C)C(C)C. The van der Waals surface area contributed by atoms with Crippen molar-refractivity contribution in [3.05, 3.63) is 53.2 Å². The molecule has 5 nitrogen and oxygen atoms in total. The molecule has 0 radical (unpaired) electrons. The van der Waals surface area contributed by atoms with Crippen LogP contribution in [0.3, 0.4) is 0 Å². The number of hydrogen-bond acceptors (Lipinski definition) is 5. The van der Waals surface area contributed by atoms with Crippen LogP contribution in [0.4, 0.5) is 0 Å². The van der Waals surface area contributed by atoms with Crippen LogP contribution in [0, 0.1) is 12.8 Å². The molecule has 1 atom stereocenters. The zero-order valence-electron chi connectivity index (χ0n) is 13.4. The van der Waals surface area contributed by atoms with Crippen LogP contribution in [0.25, 0.3) is 0 Å². The maximum Gasteiger partial charge on any atom is 0.341 e. The Hall–Kier alpha value is -2.14. The monoisotopic (exact) mass is 302 g/mol. The Balaban J connectivity index is 2.16. The molecule has 5 heteroatoms. The fraction of sp³-hybridized carbons (Fsp3) is 0.412. The van der Waals surface area contributed by atoms with E-state index in [0.717, 1.165) is 11.3 Å². The number of methoxy groups -OCH3 is 1. The molecular weight excluding hydrogens is 280 g/mol. The van der Waals surface area contributed by atoms with Crippen molar-refractivity contribution in [3.8, 4) is 0 Å². The third-order valence-corrected chi connectivity index (χ3v) is 3.64. The van der Waals surface area contributed by atoms with E-state index < -0.39 is 0 Å². The molecule has 0 saturated heterocycles. The molecule has 0 aliphatic carbocycles. The van der Waals surface area contributed by atoms with E-state index in [0.29, 0.717) is 23.8 Å². The average molecular weight is 302 g/mol. The Morgan fingerprint density at radius 1 is 1.41 bits per heavy atom. The van der Waals surface area contributed by atoms with Crippen LogP contribution in [0.5, 0.6) is 0 Å². The van der Waals surface area contributed by atoms with Crippen molar-refractivity contribution < 1.29 is 13.9 Å². The van der Waals surface area contributed by atoms with E-state index in [9.17, 15) is 4.79 Å². The number of nitrogens with zero attached hydrogens (tertiary/aromatic N) is 1. The van der Waals surface area contributed by atoms with Crippen LogP contribution in [-0.4, -0.2) is 18.1 Å². The zero-order valence-corrected chi connectivity index (χ0v) is 13.4. The van der Waals surface area contributed by atoms with Crippen molar-refractivity contribution in [2.75, 3.05) is 7.11 Å².